The van der Waals surface area contributed by atoms with Gasteiger partial charge in [-0.2, -0.15) is 0 Å². The molecule has 0 bridgehead atoms. The van der Waals surface area contributed by atoms with Crippen molar-refractivity contribution in [3.8, 4) is 17.2 Å². The van der Waals surface area contributed by atoms with Crippen molar-refractivity contribution in [2.75, 3.05) is 62.3 Å². The SMILES string of the molecule is C=C1C(CCCN2CC=C(CCCCc3cc4c([nH]3)C=C(OC)C(OC)C4(C)OC)CCC2)=Cc2c1cc(OC)c(OC)c2OC. The Hall–Kier alpha value is -3.46. The lowest BCUT2D eigenvalue weighted by Crippen LogP contribution is -2.43. The van der Waals surface area contributed by atoms with Gasteiger partial charge in [0.05, 0.1) is 28.4 Å². The van der Waals surface area contributed by atoms with Crippen molar-refractivity contribution in [1.29, 1.82) is 0 Å². The van der Waals surface area contributed by atoms with Crippen molar-refractivity contribution < 1.29 is 28.4 Å². The van der Waals surface area contributed by atoms with Gasteiger partial charge >= 0.3 is 0 Å². The van der Waals surface area contributed by atoms with Crippen molar-refractivity contribution in [3.05, 3.63) is 69.8 Å². The van der Waals surface area contributed by atoms with E-state index >= 15 is 0 Å². The third-order valence-electron chi connectivity index (χ3n) is 10.0. The molecule has 8 nitrogen and oxygen atoms in total. The highest BCUT2D eigenvalue weighted by Gasteiger charge is 2.45. The molecule has 0 saturated carbocycles. The molecular formula is C38H52N2O6. The molecule has 2 atom stereocenters. The molecule has 3 aliphatic rings. The van der Waals surface area contributed by atoms with E-state index < -0.39 is 5.60 Å². The fourth-order valence-corrected chi connectivity index (χ4v) is 7.34. The summed E-state index contributed by atoms with van der Waals surface area (Å²) in [5, 5.41) is 0. The first-order valence-electron chi connectivity index (χ1n) is 16.5. The van der Waals surface area contributed by atoms with Gasteiger partial charge in [0.2, 0.25) is 5.75 Å². The number of allylic oxidation sites excluding steroid dienone is 3. The number of aromatic nitrogens is 1. The van der Waals surface area contributed by atoms with Gasteiger partial charge in [0.1, 0.15) is 17.5 Å². The maximum atomic E-state index is 5.98. The van der Waals surface area contributed by atoms with E-state index in [1.165, 1.54) is 37.0 Å². The molecule has 8 heteroatoms. The Morgan fingerprint density at radius 2 is 1.70 bits per heavy atom. The minimum atomic E-state index is -0.598. The van der Waals surface area contributed by atoms with Gasteiger partial charge in [-0.05, 0) is 106 Å². The van der Waals surface area contributed by atoms with E-state index in [9.17, 15) is 0 Å². The van der Waals surface area contributed by atoms with E-state index in [2.05, 4.69) is 41.6 Å². The minimum absolute atomic E-state index is 0.282. The molecule has 0 saturated heterocycles. The Balaban J connectivity index is 1.09. The molecule has 5 rings (SSSR count). The van der Waals surface area contributed by atoms with Crippen molar-refractivity contribution in [3.63, 3.8) is 0 Å². The lowest BCUT2D eigenvalue weighted by atomic mass is 9.84. The molecule has 2 aromatic rings. The molecule has 0 amide bonds. The van der Waals surface area contributed by atoms with Crippen LogP contribution in [0.4, 0.5) is 0 Å². The minimum Gasteiger partial charge on any atom is -0.498 e. The van der Waals surface area contributed by atoms with Crippen LogP contribution in [0.1, 0.15) is 79.9 Å². The molecule has 1 aromatic carbocycles. The van der Waals surface area contributed by atoms with Crippen LogP contribution in [-0.2, 0) is 26.2 Å². The van der Waals surface area contributed by atoms with Crippen LogP contribution in [0, 0.1) is 0 Å². The third-order valence-corrected chi connectivity index (χ3v) is 10.0. The van der Waals surface area contributed by atoms with Crippen LogP contribution in [0.3, 0.4) is 0 Å². The summed E-state index contributed by atoms with van der Waals surface area (Å²) in [6.45, 7) is 9.73. The second-order valence-electron chi connectivity index (χ2n) is 12.6. The monoisotopic (exact) mass is 632 g/mol. The molecule has 46 heavy (non-hydrogen) atoms. The molecule has 2 aliphatic carbocycles. The van der Waals surface area contributed by atoms with E-state index in [0.29, 0.717) is 17.2 Å². The lowest BCUT2D eigenvalue weighted by molar-refractivity contribution is -0.112. The number of H-pyrrole nitrogens is 1. The Labute approximate surface area is 275 Å². The maximum absolute atomic E-state index is 5.98. The van der Waals surface area contributed by atoms with Crippen LogP contribution in [-0.4, -0.2) is 78.3 Å². The van der Waals surface area contributed by atoms with Gasteiger partial charge < -0.3 is 33.4 Å². The van der Waals surface area contributed by atoms with E-state index in [1.54, 1.807) is 48.2 Å². The standard InChI is InChI=1S/C38H52N2O6/c1-25-27(21-30-29(25)23-33(41-3)36(44-6)35(30)43-5)15-12-19-40-18-11-14-26(17-20-40)13-9-10-16-28-22-31-32(39-28)24-34(42-4)37(45-7)38(31,2)46-8/h17,21-24,37,39H,1,9-16,18-20H2,2-8H3. The van der Waals surface area contributed by atoms with Gasteiger partial charge in [0.15, 0.2) is 11.5 Å². The van der Waals surface area contributed by atoms with E-state index in [-0.39, 0.29) is 6.10 Å². The Morgan fingerprint density at radius 1 is 0.913 bits per heavy atom. The number of ether oxygens (including phenoxy) is 6. The first-order valence-corrected chi connectivity index (χ1v) is 16.5. The molecule has 2 unspecified atom stereocenters. The Bertz CT molecular complexity index is 1500. The summed E-state index contributed by atoms with van der Waals surface area (Å²) >= 11 is 0. The number of hydrogen-bond donors (Lipinski definition) is 1. The molecule has 0 radical (unpaired) electrons. The second-order valence-corrected chi connectivity index (χ2v) is 12.6. The normalized spacial score (nSPS) is 21.2. The average molecular weight is 633 g/mol. The van der Waals surface area contributed by atoms with Gasteiger partial charge in [-0.3, -0.25) is 4.90 Å². The summed E-state index contributed by atoms with van der Waals surface area (Å²) < 4.78 is 34.3. The summed E-state index contributed by atoms with van der Waals surface area (Å²) in [5.41, 5.74) is 8.82. The second kappa shape index (κ2) is 15.0. The van der Waals surface area contributed by atoms with Crippen LogP contribution in [0.25, 0.3) is 17.7 Å². The lowest BCUT2D eigenvalue weighted by Gasteiger charge is -2.38. The van der Waals surface area contributed by atoms with Crippen LogP contribution in [0.15, 0.2) is 41.7 Å². The zero-order valence-electron chi connectivity index (χ0n) is 28.8. The summed E-state index contributed by atoms with van der Waals surface area (Å²) in [7, 11) is 10.1. The third kappa shape index (κ3) is 6.66. The molecule has 0 fully saturated rings. The summed E-state index contributed by atoms with van der Waals surface area (Å²) in [5.74, 6) is 2.77. The zero-order valence-corrected chi connectivity index (χ0v) is 28.8. The predicted octanol–water partition coefficient (Wildman–Crippen LogP) is 7.54. The fourth-order valence-electron chi connectivity index (χ4n) is 7.34. The first-order chi connectivity index (χ1) is 22.3. The van der Waals surface area contributed by atoms with E-state index in [1.807, 2.05) is 12.1 Å². The van der Waals surface area contributed by atoms with Gasteiger partial charge in [0, 0.05) is 49.4 Å². The summed E-state index contributed by atoms with van der Waals surface area (Å²) in [6, 6.07) is 4.26. The molecule has 1 aliphatic heterocycles. The quantitative estimate of drug-likeness (QED) is 0.161. The van der Waals surface area contributed by atoms with Crippen LogP contribution in [0.2, 0.25) is 0 Å². The van der Waals surface area contributed by atoms with Crippen molar-refractivity contribution in [2.24, 2.45) is 0 Å². The fraction of sp³-hybridized carbons (Fsp3) is 0.526. The first kappa shape index (κ1) is 33.9. The largest absolute Gasteiger partial charge is 0.498 e. The van der Waals surface area contributed by atoms with Gasteiger partial charge in [-0.25, -0.2) is 0 Å². The zero-order chi connectivity index (χ0) is 32.8. The molecule has 1 N–H and O–H groups in total. The van der Waals surface area contributed by atoms with Gasteiger partial charge in [-0.15, -0.1) is 0 Å². The van der Waals surface area contributed by atoms with Crippen molar-refractivity contribution in [2.45, 2.75) is 70.0 Å². The van der Waals surface area contributed by atoms with Crippen LogP contribution < -0.4 is 14.2 Å². The molecule has 0 spiro atoms. The molecule has 1 aromatic heterocycles. The highest BCUT2D eigenvalue weighted by Crippen LogP contribution is 2.49. The number of aryl methyl sites for hydroxylation is 1. The molecule has 2 heterocycles. The Morgan fingerprint density at radius 3 is 2.39 bits per heavy atom. The smallest absolute Gasteiger partial charge is 0.203 e. The maximum Gasteiger partial charge on any atom is 0.203 e. The average Bonchev–Trinajstić information content (AvgIpc) is 3.54. The highest BCUT2D eigenvalue weighted by molar-refractivity contribution is 5.97. The Kier molecular flexibility index (Phi) is 11.0. The number of methoxy groups -OCH3 is 6. The number of fused-ring (bicyclic) bond motifs is 2. The number of hydrogen-bond acceptors (Lipinski definition) is 7. The van der Waals surface area contributed by atoms with Crippen molar-refractivity contribution in [1.82, 2.24) is 9.88 Å². The van der Waals surface area contributed by atoms with Crippen LogP contribution in [0.5, 0.6) is 17.2 Å². The summed E-state index contributed by atoms with van der Waals surface area (Å²) in [6.07, 6.45) is 15.5. The van der Waals surface area contributed by atoms with E-state index in [0.717, 1.165) is 79.0 Å². The molecular weight excluding hydrogens is 580 g/mol. The van der Waals surface area contributed by atoms with Gasteiger partial charge in [-0.1, -0.05) is 18.2 Å². The highest BCUT2D eigenvalue weighted by atomic mass is 16.6. The van der Waals surface area contributed by atoms with E-state index in [4.69, 9.17) is 28.4 Å². The van der Waals surface area contributed by atoms with Crippen LogP contribution >= 0.6 is 0 Å². The van der Waals surface area contributed by atoms with Gasteiger partial charge in [0.25, 0.3) is 0 Å². The number of benzene rings is 1. The summed E-state index contributed by atoms with van der Waals surface area (Å²) in [4.78, 5) is 6.20. The number of nitrogens with zero attached hydrogens (tertiary/aromatic N) is 1. The topological polar surface area (TPSA) is 74.4 Å². The number of aromatic amines is 1. The van der Waals surface area contributed by atoms with Crippen molar-refractivity contribution >= 4 is 17.7 Å². The number of rotatable bonds is 15. The number of unbranched alkanes of at least 4 members (excludes halogenated alkanes) is 1. The predicted molar refractivity (Wildman–Crippen MR) is 185 cm³/mol. The molecule has 250 valence electrons. The number of nitrogens with one attached hydrogen (secondary N) is 1.